The van der Waals surface area contributed by atoms with E-state index in [4.69, 9.17) is 5.73 Å². The van der Waals surface area contributed by atoms with Crippen molar-refractivity contribution in [3.8, 4) is 0 Å². The molecule has 0 aliphatic heterocycles. The first-order valence-electron chi connectivity index (χ1n) is 4.11. The molecule has 1 heterocycles. The Balaban J connectivity index is 2.40. The van der Waals surface area contributed by atoms with E-state index >= 15 is 0 Å². The van der Waals surface area contributed by atoms with Gasteiger partial charge in [0.1, 0.15) is 5.82 Å². The molecule has 0 amide bonds. The van der Waals surface area contributed by atoms with Crippen LogP contribution < -0.4 is 11.1 Å². The first-order chi connectivity index (χ1) is 7.38. The number of anilines is 2. The summed E-state index contributed by atoms with van der Waals surface area (Å²) in [7, 11) is 0. The van der Waals surface area contributed by atoms with E-state index in [1.807, 2.05) is 0 Å². The molecule has 90 valence electrons. The zero-order chi connectivity index (χ0) is 12.2. The Hall–Kier alpha value is -0.700. The Kier molecular flexibility index (Phi) is 4.66. The number of halogens is 4. The Morgan fingerprint density at radius 3 is 2.81 bits per heavy atom. The first kappa shape index (κ1) is 13.4. The van der Waals surface area contributed by atoms with Gasteiger partial charge in [0.25, 0.3) is 0 Å². The molecule has 0 aromatic carbocycles. The number of nitrogens with zero attached hydrogens (tertiary/aromatic N) is 2. The second kappa shape index (κ2) is 5.58. The zero-order valence-electron chi connectivity index (χ0n) is 7.88. The SMILES string of the molecule is Nc1ncc(Br)c(NCCSC(F)(F)F)n1. The minimum Gasteiger partial charge on any atom is -0.368 e. The number of alkyl halides is 3. The van der Waals surface area contributed by atoms with E-state index in [1.54, 1.807) is 0 Å². The van der Waals surface area contributed by atoms with Crippen molar-refractivity contribution in [2.45, 2.75) is 5.51 Å². The van der Waals surface area contributed by atoms with Crippen LogP contribution in [0.3, 0.4) is 0 Å². The molecule has 0 bridgehead atoms. The largest absolute Gasteiger partial charge is 0.441 e. The number of nitrogens with one attached hydrogen (secondary N) is 1. The standard InChI is InChI=1S/C7H8BrF3N4S/c8-4-3-14-6(12)15-5(4)13-1-2-16-7(9,10)11/h3H,1-2H2,(H3,12,13,14,15). The Morgan fingerprint density at radius 2 is 2.19 bits per heavy atom. The highest BCUT2D eigenvalue weighted by Crippen LogP contribution is 2.29. The number of nitrogens with two attached hydrogens (primary N) is 1. The molecule has 4 nitrogen and oxygen atoms in total. The molecule has 0 atom stereocenters. The molecule has 16 heavy (non-hydrogen) atoms. The molecule has 1 aromatic rings. The Labute approximate surface area is 102 Å². The van der Waals surface area contributed by atoms with Gasteiger partial charge in [-0.25, -0.2) is 4.98 Å². The smallest absolute Gasteiger partial charge is 0.368 e. The van der Waals surface area contributed by atoms with Crippen molar-refractivity contribution in [2.75, 3.05) is 23.3 Å². The predicted molar refractivity (Wildman–Crippen MR) is 61.1 cm³/mol. The average molecular weight is 317 g/mol. The van der Waals surface area contributed by atoms with Crippen molar-refractivity contribution in [2.24, 2.45) is 0 Å². The number of aromatic nitrogens is 2. The van der Waals surface area contributed by atoms with Crippen LogP contribution in [0.15, 0.2) is 10.7 Å². The van der Waals surface area contributed by atoms with Crippen molar-refractivity contribution in [3.05, 3.63) is 10.7 Å². The van der Waals surface area contributed by atoms with Crippen LogP contribution in [0.4, 0.5) is 24.9 Å². The van der Waals surface area contributed by atoms with E-state index in [1.165, 1.54) is 6.20 Å². The minimum atomic E-state index is -4.20. The van der Waals surface area contributed by atoms with Crippen LogP contribution in [0.2, 0.25) is 0 Å². The number of thioether (sulfide) groups is 1. The number of hydrogen-bond donors (Lipinski definition) is 2. The van der Waals surface area contributed by atoms with Crippen molar-refractivity contribution in [3.63, 3.8) is 0 Å². The lowest BCUT2D eigenvalue weighted by atomic mass is 10.5. The van der Waals surface area contributed by atoms with Crippen LogP contribution in [0.5, 0.6) is 0 Å². The lowest BCUT2D eigenvalue weighted by molar-refractivity contribution is -0.0327. The van der Waals surface area contributed by atoms with Crippen molar-refractivity contribution < 1.29 is 13.2 Å². The molecule has 0 fully saturated rings. The molecular formula is C7H8BrF3N4S. The highest BCUT2D eigenvalue weighted by atomic mass is 79.9. The van der Waals surface area contributed by atoms with Crippen molar-refractivity contribution in [1.82, 2.24) is 9.97 Å². The summed E-state index contributed by atoms with van der Waals surface area (Å²) in [6, 6.07) is 0. The van der Waals surface area contributed by atoms with Gasteiger partial charge in [-0.2, -0.15) is 18.2 Å². The molecule has 0 aliphatic carbocycles. The first-order valence-corrected chi connectivity index (χ1v) is 5.89. The molecule has 0 aliphatic rings. The summed E-state index contributed by atoms with van der Waals surface area (Å²) in [5.74, 6) is 0.351. The highest BCUT2D eigenvalue weighted by Gasteiger charge is 2.27. The Bertz CT molecular complexity index is 360. The lowest BCUT2D eigenvalue weighted by Gasteiger charge is -2.08. The summed E-state index contributed by atoms with van der Waals surface area (Å²) in [6.07, 6.45) is 1.43. The molecule has 9 heteroatoms. The third-order valence-electron chi connectivity index (χ3n) is 1.42. The van der Waals surface area contributed by atoms with E-state index in [9.17, 15) is 13.2 Å². The maximum absolute atomic E-state index is 11.8. The van der Waals surface area contributed by atoms with Crippen LogP contribution in [-0.2, 0) is 0 Å². The number of nitrogen functional groups attached to an aromatic ring is 1. The molecule has 0 unspecified atom stereocenters. The van der Waals surface area contributed by atoms with Crippen LogP contribution >= 0.6 is 27.7 Å². The molecule has 0 saturated heterocycles. The number of rotatable bonds is 4. The molecule has 0 radical (unpaired) electrons. The molecule has 0 spiro atoms. The van der Waals surface area contributed by atoms with Crippen LogP contribution in [0, 0.1) is 0 Å². The van der Waals surface area contributed by atoms with Gasteiger partial charge in [0.15, 0.2) is 0 Å². The van der Waals surface area contributed by atoms with Gasteiger partial charge >= 0.3 is 5.51 Å². The molecular weight excluding hydrogens is 309 g/mol. The summed E-state index contributed by atoms with van der Waals surface area (Å²) in [5.41, 5.74) is 1.13. The lowest BCUT2D eigenvalue weighted by Crippen LogP contribution is -2.11. The molecule has 1 rings (SSSR count). The third-order valence-corrected chi connectivity index (χ3v) is 2.74. The Morgan fingerprint density at radius 1 is 1.50 bits per heavy atom. The fraction of sp³-hybridized carbons (Fsp3) is 0.429. The second-order valence-corrected chi connectivity index (χ2v) is 4.66. The van der Waals surface area contributed by atoms with Gasteiger partial charge in [0.2, 0.25) is 5.95 Å². The average Bonchev–Trinajstić information content (AvgIpc) is 2.16. The second-order valence-electron chi connectivity index (χ2n) is 2.65. The summed E-state index contributed by atoms with van der Waals surface area (Å²) in [6.45, 7) is 0.138. The van der Waals surface area contributed by atoms with E-state index in [2.05, 4.69) is 31.2 Å². The van der Waals surface area contributed by atoms with Gasteiger partial charge in [0, 0.05) is 18.5 Å². The third kappa shape index (κ3) is 4.88. The quantitative estimate of drug-likeness (QED) is 0.836. The normalized spacial score (nSPS) is 11.5. The predicted octanol–water partition coefficient (Wildman–Crippen LogP) is 2.49. The van der Waals surface area contributed by atoms with E-state index in [0.29, 0.717) is 10.3 Å². The number of hydrogen-bond acceptors (Lipinski definition) is 5. The van der Waals surface area contributed by atoms with E-state index in [0.717, 1.165) is 0 Å². The molecule has 0 saturated carbocycles. The fourth-order valence-electron chi connectivity index (χ4n) is 0.841. The fourth-order valence-corrected chi connectivity index (χ4v) is 1.61. The van der Waals surface area contributed by atoms with Crippen LogP contribution in [-0.4, -0.2) is 27.8 Å². The van der Waals surface area contributed by atoms with Crippen LogP contribution in [0.25, 0.3) is 0 Å². The van der Waals surface area contributed by atoms with Crippen molar-refractivity contribution >= 4 is 39.5 Å². The summed E-state index contributed by atoms with van der Waals surface area (Å²) >= 11 is 3.06. The topological polar surface area (TPSA) is 63.8 Å². The van der Waals surface area contributed by atoms with Crippen LogP contribution in [0.1, 0.15) is 0 Å². The van der Waals surface area contributed by atoms with Gasteiger partial charge < -0.3 is 11.1 Å². The summed E-state index contributed by atoms with van der Waals surface area (Å²) in [4.78, 5) is 7.53. The monoisotopic (exact) mass is 316 g/mol. The summed E-state index contributed by atoms with van der Waals surface area (Å²) in [5, 5.41) is 2.73. The minimum absolute atomic E-state index is 0.0641. The molecule has 3 N–H and O–H groups in total. The maximum Gasteiger partial charge on any atom is 0.441 e. The van der Waals surface area contributed by atoms with E-state index < -0.39 is 5.51 Å². The van der Waals surface area contributed by atoms with E-state index in [-0.39, 0.29) is 30.0 Å². The van der Waals surface area contributed by atoms with Crippen molar-refractivity contribution in [1.29, 1.82) is 0 Å². The van der Waals surface area contributed by atoms with Gasteiger partial charge in [-0.15, -0.1) is 0 Å². The van der Waals surface area contributed by atoms with Gasteiger partial charge in [-0.1, -0.05) is 0 Å². The summed E-state index contributed by atoms with van der Waals surface area (Å²) < 4.78 is 36.0. The van der Waals surface area contributed by atoms with Gasteiger partial charge in [0.05, 0.1) is 4.47 Å². The maximum atomic E-state index is 11.8. The van der Waals surface area contributed by atoms with Gasteiger partial charge in [-0.3, -0.25) is 0 Å². The molecule has 1 aromatic heterocycles. The zero-order valence-corrected chi connectivity index (χ0v) is 10.3. The highest BCUT2D eigenvalue weighted by molar-refractivity contribution is 9.10. The van der Waals surface area contributed by atoms with Gasteiger partial charge in [-0.05, 0) is 27.7 Å².